The van der Waals surface area contributed by atoms with Crippen LogP contribution in [-0.2, 0) is 11.2 Å². The van der Waals surface area contributed by atoms with Gasteiger partial charge in [-0.25, -0.2) is 4.39 Å². The van der Waals surface area contributed by atoms with Crippen LogP contribution in [0.4, 0.5) is 10.1 Å². The normalized spacial score (nSPS) is 16.7. The molecule has 1 atom stereocenters. The van der Waals surface area contributed by atoms with E-state index >= 15 is 0 Å². The Morgan fingerprint density at radius 3 is 2.70 bits per heavy atom. The van der Waals surface area contributed by atoms with E-state index in [-0.39, 0.29) is 17.5 Å². The van der Waals surface area contributed by atoms with E-state index in [1.807, 2.05) is 0 Å². The highest BCUT2D eigenvalue weighted by atomic mass is 19.1. The van der Waals surface area contributed by atoms with Crippen LogP contribution in [0.5, 0.6) is 11.5 Å². The number of rotatable bonds is 4. The van der Waals surface area contributed by atoms with E-state index in [1.54, 1.807) is 24.3 Å². The Morgan fingerprint density at radius 2 is 2.00 bits per heavy atom. The summed E-state index contributed by atoms with van der Waals surface area (Å²) < 4.78 is 18.8. The van der Waals surface area contributed by atoms with Crippen molar-refractivity contribution in [2.75, 3.05) is 11.4 Å². The van der Waals surface area contributed by atoms with Gasteiger partial charge in [-0.05, 0) is 29.8 Å². The SMILES string of the molecule is C=CCN1C(=O)C(Cc2ccc(F)cc2)Oc2ccc(O)cc21. The highest BCUT2D eigenvalue weighted by molar-refractivity contribution is 6.00. The molecule has 0 fully saturated rings. The lowest BCUT2D eigenvalue weighted by Crippen LogP contribution is -2.47. The van der Waals surface area contributed by atoms with Crippen molar-refractivity contribution in [3.8, 4) is 11.5 Å². The van der Waals surface area contributed by atoms with Gasteiger partial charge in [-0.2, -0.15) is 0 Å². The number of carbonyl (C=O) groups is 1. The number of hydrogen-bond donors (Lipinski definition) is 1. The minimum atomic E-state index is -0.697. The first-order valence-corrected chi connectivity index (χ1v) is 7.25. The number of ether oxygens (including phenoxy) is 1. The van der Waals surface area contributed by atoms with E-state index in [0.29, 0.717) is 24.4 Å². The molecule has 1 aliphatic rings. The molecular weight excluding hydrogens is 297 g/mol. The fourth-order valence-electron chi connectivity index (χ4n) is 2.59. The molecule has 1 unspecified atom stereocenters. The zero-order valence-electron chi connectivity index (χ0n) is 12.4. The molecule has 4 nitrogen and oxygen atoms in total. The number of aromatic hydroxyl groups is 1. The lowest BCUT2D eigenvalue weighted by molar-refractivity contribution is -0.126. The molecule has 1 N–H and O–H groups in total. The Labute approximate surface area is 133 Å². The molecule has 3 rings (SSSR count). The molecule has 0 spiro atoms. The van der Waals surface area contributed by atoms with Crippen molar-refractivity contribution in [2.24, 2.45) is 0 Å². The van der Waals surface area contributed by atoms with Gasteiger partial charge in [-0.15, -0.1) is 6.58 Å². The average molecular weight is 313 g/mol. The molecule has 2 aromatic rings. The van der Waals surface area contributed by atoms with Crippen LogP contribution in [0.2, 0.25) is 0 Å². The summed E-state index contributed by atoms with van der Waals surface area (Å²) in [4.78, 5) is 14.2. The Bertz CT molecular complexity index is 742. The summed E-state index contributed by atoms with van der Waals surface area (Å²) in [6.45, 7) is 3.98. The van der Waals surface area contributed by atoms with Crippen LogP contribution in [0.3, 0.4) is 0 Å². The number of halogens is 1. The molecular formula is C18H16FNO3. The number of anilines is 1. The second kappa shape index (κ2) is 6.12. The van der Waals surface area contributed by atoms with E-state index in [0.717, 1.165) is 5.56 Å². The van der Waals surface area contributed by atoms with Crippen molar-refractivity contribution in [2.45, 2.75) is 12.5 Å². The van der Waals surface area contributed by atoms with Crippen LogP contribution >= 0.6 is 0 Å². The summed E-state index contributed by atoms with van der Waals surface area (Å²) in [6, 6.07) is 10.6. The van der Waals surface area contributed by atoms with E-state index in [1.165, 1.54) is 29.2 Å². The first-order valence-electron chi connectivity index (χ1n) is 7.25. The quantitative estimate of drug-likeness (QED) is 0.883. The molecule has 0 saturated carbocycles. The smallest absolute Gasteiger partial charge is 0.268 e. The summed E-state index contributed by atoms with van der Waals surface area (Å²) >= 11 is 0. The summed E-state index contributed by atoms with van der Waals surface area (Å²) in [5.74, 6) is 0.0497. The number of fused-ring (bicyclic) bond motifs is 1. The average Bonchev–Trinajstić information content (AvgIpc) is 2.54. The Balaban J connectivity index is 1.91. The zero-order valence-corrected chi connectivity index (χ0v) is 12.4. The molecule has 0 bridgehead atoms. The number of phenolic OH excluding ortho intramolecular Hbond substituents is 1. The van der Waals surface area contributed by atoms with E-state index in [9.17, 15) is 14.3 Å². The van der Waals surface area contributed by atoms with Gasteiger partial charge in [0, 0.05) is 19.0 Å². The van der Waals surface area contributed by atoms with Crippen molar-refractivity contribution in [1.82, 2.24) is 0 Å². The van der Waals surface area contributed by atoms with E-state index in [4.69, 9.17) is 4.74 Å². The van der Waals surface area contributed by atoms with Gasteiger partial charge >= 0.3 is 0 Å². The molecule has 1 heterocycles. The largest absolute Gasteiger partial charge is 0.508 e. The van der Waals surface area contributed by atoms with Gasteiger partial charge in [-0.3, -0.25) is 4.79 Å². The lowest BCUT2D eigenvalue weighted by Gasteiger charge is -2.34. The minimum Gasteiger partial charge on any atom is -0.508 e. The number of carbonyl (C=O) groups excluding carboxylic acids is 1. The summed E-state index contributed by atoms with van der Waals surface area (Å²) in [7, 11) is 0. The maximum Gasteiger partial charge on any atom is 0.268 e. The zero-order chi connectivity index (χ0) is 16.4. The van der Waals surface area contributed by atoms with Crippen molar-refractivity contribution < 1.29 is 19.0 Å². The summed E-state index contributed by atoms with van der Waals surface area (Å²) in [5, 5.41) is 9.63. The number of amides is 1. The molecule has 0 saturated heterocycles. The Morgan fingerprint density at radius 1 is 1.26 bits per heavy atom. The van der Waals surface area contributed by atoms with Gasteiger partial charge in [0.25, 0.3) is 5.91 Å². The van der Waals surface area contributed by atoms with E-state index in [2.05, 4.69) is 6.58 Å². The standard InChI is InChI=1S/C18H16FNO3/c1-2-9-20-15-11-14(21)7-8-16(15)23-17(18(20)22)10-12-3-5-13(19)6-4-12/h2-8,11,17,21H,1,9-10H2. The van der Waals surface area contributed by atoms with Crippen LogP contribution in [0.1, 0.15) is 5.56 Å². The van der Waals surface area contributed by atoms with Crippen molar-refractivity contribution >= 4 is 11.6 Å². The van der Waals surface area contributed by atoms with Gasteiger partial charge in [0.15, 0.2) is 6.10 Å². The molecule has 1 amide bonds. The van der Waals surface area contributed by atoms with Gasteiger partial charge in [0.2, 0.25) is 0 Å². The topological polar surface area (TPSA) is 49.8 Å². The summed E-state index contributed by atoms with van der Waals surface area (Å²) in [6.07, 6.45) is 1.26. The highest BCUT2D eigenvalue weighted by Crippen LogP contribution is 2.37. The van der Waals surface area contributed by atoms with Crippen molar-refractivity contribution in [1.29, 1.82) is 0 Å². The minimum absolute atomic E-state index is 0.0613. The number of hydrogen-bond acceptors (Lipinski definition) is 3. The van der Waals surface area contributed by atoms with Crippen LogP contribution in [0, 0.1) is 5.82 Å². The maximum atomic E-state index is 13.0. The lowest BCUT2D eigenvalue weighted by atomic mass is 10.0. The van der Waals surface area contributed by atoms with Gasteiger partial charge < -0.3 is 14.7 Å². The molecule has 2 aromatic carbocycles. The molecule has 23 heavy (non-hydrogen) atoms. The summed E-state index contributed by atoms with van der Waals surface area (Å²) in [5.41, 5.74) is 1.33. The van der Waals surface area contributed by atoms with Crippen LogP contribution < -0.4 is 9.64 Å². The molecule has 0 radical (unpaired) electrons. The molecule has 0 aliphatic carbocycles. The third-order valence-electron chi connectivity index (χ3n) is 3.69. The molecule has 0 aromatic heterocycles. The van der Waals surface area contributed by atoms with E-state index < -0.39 is 6.10 Å². The highest BCUT2D eigenvalue weighted by Gasteiger charge is 2.34. The van der Waals surface area contributed by atoms with Gasteiger partial charge in [0.1, 0.15) is 17.3 Å². The molecule has 1 aliphatic heterocycles. The maximum absolute atomic E-state index is 13.0. The third-order valence-corrected chi connectivity index (χ3v) is 3.69. The van der Waals surface area contributed by atoms with Crippen molar-refractivity contribution in [3.63, 3.8) is 0 Å². The monoisotopic (exact) mass is 313 g/mol. The second-order valence-electron chi connectivity index (χ2n) is 5.33. The predicted molar refractivity (Wildman–Crippen MR) is 85.2 cm³/mol. The fourth-order valence-corrected chi connectivity index (χ4v) is 2.59. The first kappa shape index (κ1) is 15.1. The van der Waals surface area contributed by atoms with Gasteiger partial charge in [0.05, 0.1) is 5.69 Å². The second-order valence-corrected chi connectivity index (χ2v) is 5.33. The Hall–Kier alpha value is -2.82. The van der Waals surface area contributed by atoms with Crippen LogP contribution in [0.15, 0.2) is 55.1 Å². The van der Waals surface area contributed by atoms with Crippen LogP contribution in [-0.4, -0.2) is 23.7 Å². The first-order chi connectivity index (χ1) is 11.1. The van der Waals surface area contributed by atoms with Gasteiger partial charge in [-0.1, -0.05) is 18.2 Å². The molecule has 5 heteroatoms. The predicted octanol–water partition coefficient (Wildman–Crippen LogP) is 3.05. The van der Waals surface area contributed by atoms with Crippen molar-refractivity contribution in [3.05, 3.63) is 66.5 Å². The number of nitrogens with zero attached hydrogens (tertiary/aromatic N) is 1. The Kier molecular flexibility index (Phi) is 4.02. The number of phenols is 1. The van der Waals surface area contributed by atoms with Crippen LogP contribution in [0.25, 0.3) is 0 Å². The fraction of sp³-hybridized carbons (Fsp3) is 0.167. The molecule has 118 valence electrons. The number of benzene rings is 2. The third kappa shape index (κ3) is 3.04.